The van der Waals surface area contributed by atoms with Crippen molar-refractivity contribution >= 4 is 99.8 Å². The minimum atomic E-state index is -0.699. The van der Waals surface area contributed by atoms with Crippen molar-refractivity contribution in [1.29, 1.82) is 0 Å². The Kier molecular flexibility index (Phi) is 9.64. The standard InChI is InChI=1S/C54H28Cl2N6O8/c55-49-57-51-61-53(59-49)69-39-21-36(48(64)66-26-34-14-12-32-10-8-28-4-2-6-30-16-18-42(34)46(32)44(28)30)22-40(24-39)70-54-60-50(56)58-52(62-54)68-38-20-35(19-37(23-38)67-51)47(63)65-25-33-13-11-31-9-7-27-3-1-5-29-15-17-41(33)45(31)43(27)29/h1-24H,25-26H2. The summed E-state index contributed by atoms with van der Waals surface area (Å²) in [5.41, 5.74) is 1.71. The summed E-state index contributed by atoms with van der Waals surface area (Å²) < 4.78 is 36.1. The van der Waals surface area contributed by atoms with Crippen LogP contribution >= 0.6 is 23.2 Å². The van der Waals surface area contributed by atoms with Crippen LogP contribution in [0.25, 0.3) is 64.6 Å². The van der Waals surface area contributed by atoms with Gasteiger partial charge in [0.25, 0.3) is 0 Å². The summed E-state index contributed by atoms with van der Waals surface area (Å²) in [5.74, 6) is -1.28. The van der Waals surface area contributed by atoms with Crippen LogP contribution in [0, 0.1) is 0 Å². The van der Waals surface area contributed by atoms with Crippen LogP contribution in [0.5, 0.6) is 47.0 Å². The van der Waals surface area contributed by atoms with E-state index in [9.17, 15) is 9.59 Å². The molecule has 0 saturated carbocycles. The molecule has 0 amide bonds. The smallest absolute Gasteiger partial charge is 0.338 e. The SMILES string of the molecule is O=C(OCc1ccc2ccc3cccc4ccc1c2c34)c1cc2cc(c1)Oc1nc(Cl)nc(n1)Oc1cc(cc(C(=O)OCc3ccc4ccc5cccc6ccc3c4c56)c1)Oc1nc(Cl)nc(n1)O2. The number of ether oxygens (including phenoxy) is 6. The molecule has 8 bridgehead atoms. The van der Waals surface area contributed by atoms with Gasteiger partial charge in [-0.1, -0.05) is 109 Å². The van der Waals surface area contributed by atoms with Crippen molar-refractivity contribution in [3.05, 3.63) is 178 Å². The molecule has 16 heteroatoms. The molecule has 0 atom stereocenters. The van der Waals surface area contributed by atoms with Gasteiger partial charge in [-0.15, -0.1) is 9.97 Å². The number of nitrogens with zero attached hydrogens (tertiary/aromatic N) is 6. The third-order valence-electron chi connectivity index (χ3n) is 12.2. The topological polar surface area (TPSA) is 167 Å². The zero-order valence-electron chi connectivity index (χ0n) is 36.0. The zero-order chi connectivity index (χ0) is 47.0. The number of hydrogen-bond donors (Lipinski definition) is 0. The Balaban J connectivity index is 0.807. The molecule has 0 saturated heterocycles. The normalized spacial score (nSPS) is 12.3. The minimum absolute atomic E-state index is 0.0285. The van der Waals surface area contributed by atoms with E-state index in [1.807, 2.05) is 48.5 Å². The molecule has 10 aromatic carbocycles. The van der Waals surface area contributed by atoms with E-state index in [0.717, 1.165) is 75.8 Å². The molecule has 0 unspecified atom stereocenters. The Bertz CT molecular complexity index is 3760. The summed E-state index contributed by atoms with van der Waals surface area (Å²) in [7, 11) is 0. The molecule has 0 radical (unpaired) electrons. The van der Waals surface area contributed by atoms with E-state index in [1.54, 1.807) is 0 Å². The number of fused-ring (bicyclic) bond motifs is 8. The first-order valence-electron chi connectivity index (χ1n) is 21.7. The van der Waals surface area contributed by atoms with Gasteiger partial charge in [0, 0.05) is 12.1 Å². The van der Waals surface area contributed by atoms with Crippen molar-refractivity contribution in [2.24, 2.45) is 0 Å². The fourth-order valence-electron chi connectivity index (χ4n) is 9.14. The van der Waals surface area contributed by atoms with E-state index in [0.29, 0.717) is 0 Å². The van der Waals surface area contributed by atoms with Crippen molar-refractivity contribution in [1.82, 2.24) is 29.9 Å². The van der Waals surface area contributed by atoms with Gasteiger partial charge >= 0.3 is 36.0 Å². The van der Waals surface area contributed by atoms with Crippen molar-refractivity contribution in [2.75, 3.05) is 0 Å². The molecule has 1 aliphatic rings. The van der Waals surface area contributed by atoms with Crippen molar-refractivity contribution in [3.63, 3.8) is 0 Å². The summed E-state index contributed by atoms with van der Waals surface area (Å²) >= 11 is 12.8. The predicted octanol–water partition coefficient (Wildman–Crippen LogP) is 13.4. The Morgan fingerprint density at radius 2 is 0.700 bits per heavy atom. The monoisotopic (exact) mass is 958 g/mol. The maximum absolute atomic E-state index is 13.9. The van der Waals surface area contributed by atoms with Gasteiger partial charge in [0.15, 0.2) is 0 Å². The first-order chi connectivity index (χ1) is 34.2. The lowest BCUT2D eigenvalue weighted by Gasteiger charge is -2.15. The molecule has 336 valence electrons. The van der Waals surface area contributed by atoms with E-state index in [1.165, 1.54) is 36.4 Å². The Labute approximate surface area is 404 Å². The summed E-state index contributed by atoms with van der Waals surface area (Å²) in [5, 5.41) is 12.5. The molecule has 70 heavy (non-hydrogen) atoms. The van der Waals surface area contributed by atoms with Crippen LogP contribution in [0.1, 0.15) is 31.8 Å². The molecular weight excluding hydrogens is 932 g/mol. The molecule has 14 nitrogen and oxygen atoms in total. The lowest BCUT2D eigenvalue weighted by molar-refractivity contribution is 0.0465. The second-order valence-corrected chi connectivity index (χ2v) is 17.1. The molecule has 1 aliphatic heterocycles. The highest BCUT2D eigenvalue weighted by molar-refractivity contribution is 6.28. The Morgan fingerprint density at radius 1 is 0.386 bits per heavy atom. The van der Waals surface area contributed by atoms with Crippen molar-refractivity contribution in [3.8, 4) is 47.0 Å². The Morgan fingerprint density at radius 3 is 1.06 bits per heavy atom. The van der Waals surface area contributed by atoms with Crippen molar-refractivity contribution < 1.29 is 38.0 Å². The van der Waals surface area contributed by atoms with E-state index in [4.69, 9.17) is 51.6 Å². The zero-order valence-corrected chi connectivity index (χ0v) is 37.5. The van der Waals surface area contributed by atoms with Gasteiger partial charge in [0.05, 0.1) is 11.1 Å². The lowest BCUT2D eigenvalue weighted by atomic mass is 9.92. The predicted molar refractivity (Wildman–Crippen MR) is 261 cm³/mol. The van der Waals surface area contributed by atoms with Gasteiger partial charge in [0.2, 0.25) is 10.6 Å². The van der Waals surface area contributed by atoms with Crippen LogP contribution in [0.4, 0.5) is 0 Å². The number of esters is 2. The van der Waals surface area contributed by atoms with Gasteiger partial charge < -0.3 is 28.4 Å². The molecule has 0 spiro atoms. The second-order valence-electron chi connectivity index (χ2n) is 16.4. The molecule has 0 fully saturated rings. The fraction of sp³-hybridized carbons (Fsp3) is 0.0370. The number of aromatic nitrogens is 6. The van der Waals surface area contributed by atoms with Gasteiger partial charge in [-0.05, 0) is 123 Å². The number of halogens is 2. The molecule has 2 aromatic heterocycles. The van der Waals surface area contributed by atoms with Gasteiger partial charge in [-0.25, -0.2) is 9.59 Å². The fourth-order valence-corrected chi connectivity index (χ4v) is 9.43. The Hall–Kier alpha value is -8.98. The summed E-state index contributed by atoms with van der Waals surface area (Å²) in [6, 6.07) is 44.3. The van der Waals surface area contributed by atoms with Crippen LogP contribution in [-0.2, 0) is 22.7 Å². The summed E-state index contributed by atoms with van der Waals surface area (Å²) in [6.07, 6.45) is 0. The number of carbonyl (C=O) groups is 2. The maximum Gasteiger partial charge on any atom is 0.338 e. The van der Waals surface area contributed by atoms with Gasteiger partial charge in [0.1, 0.15) is 36.2 Å². The average molecular weight is 960 g/mol. The van der Waals surface area contributed by atoms with E-state index in [2.05, 4.69) is 90.6 Å². The largest absolute Gasteiger partial charge is 0.457 e. The van der Waals surface area contributed by atoms with Crippen LogP contribution in [0.3, 0.4) is 0 Å². The maximum atomic E-state index is 13.9. The third kappa shape index (κ3) is 7.48. The molecule has 0 aliphatic carbocycles. The number of benzene rings is 10. The molecule has 13 rings (SSSR count). The highest BCUT2D eigenvalue weighted by Gasteiger charge is 2.22. The third-order valence-corrected chi connectivity index (χ3v) is 12.5. The minimum Gasteiger partial charge on any atom is -0.457 e. The van der Waals surface area contributed by atoms with Crippen LogP contribution in [0.2, 0.25) is 10.6 Å². The molecule has 12 aromatic rings. The van der Waals surface area contributed by atoms with E-state index < -0.39 is 11.9 Å². The van der Waals surface area contributed by atoms with Crippen LogP contribution in [0.15, 0.2) is 146 Å². The highest BCUT2D eigenvalue weighted by Crippen LogP contribution is 2.39. The lowest BCUT2D eigenvalue weighted by Crippen LogP contribution is -2.08. The quantitative estimate of drug-likeness (QED) is 0.114. The molecule has 0 N–H and O–H groups in total. The number of rotatable bonds is 6. The molecular formula is C54H28Cl2N6O8. The first-order valence-corrected chi connectivity index (χ1v) is 22.5. The second kappa shape index (κ2) is 16.4. The van der Waals surface area contributed by atoms with E-state index in [-0.39, 0.29) is 81.9 Å². The van der Waals surface area contributed by atoms with Crippen LogP contribution in [-0.4, -0.2) is 41.8 Å². The first kappa shape index (κ1) is 41.2. The summed E-state index contributed by atoms with van der Waals surface area (Å²) in [6.45, 7) is -0.0780. The van der Waals surface area contributed by atoms with Crippen molar-refractivity contribution in [2.45, 2.75) is 13.2 Å². The van der Waals surface area contributed by atoms with Gasteiger partial charge in [-0.3, -0.25) is 0 Å². The number of carbonyl (C=O) groups excluding carboxylic acids is 2. The average Bonchev–Trinajstić information content (AvgIpc) is 3.35. The summed E-state index contributed by atoms with van der Waals surface area (Å²) in [4.78, 5) is 52.9. The highest BCUT2D eigenvalue weighted by atomic mass is 35.5. The number of hydrogen-bond acceptors (Lipinski definition) is 14. The van der Waals surface area contributed by atoms with Gasteiger partial charge in [-0.2, -0.15) is 19.9 Å². The van der Waals surface area contributed by atoms with E-state index >= 15 is 0 Å². The van der Waals surface area contributed by atoms with Crippen LogP contribution < -0.4 is 18.9 Å². The molecule has 3 heterocycles.